The van der Waals surface area contributed by atoms with E-state index >= 15 is 0 Å². The second kappa shape index (κ2) is 17.8. The summed E-state index contributed by atoms with van der Waals surface area (Å²) in [6.45, 7) is 14.8. The molecule has 1 aliphatic rings. The fourth-order valence-electron chi connectivity index (χ4n) is 3.12. The number of carbonyl (C=O) groups excluding carboxylic acids is 5. The smallest absolute Gasteiger partial charge is 0.240 e. The Balaban J connectivity index is -0.000000297. The van der Waals surface area contributed by atoms with Gasteiger partial charge in [-0.25, -0.2) is 4.90 Å². The van der Waals surface area contributed by atoms with Crippen molar-refractivity contribution in [3.8, 4) is 0 Å². The van der Waals surface area contributed by atoms with E-state index in [9.17, 15) is 24.0 Å². The lowest BCUT2D eigenvalue weighted by Crippen LogP contribution is -2.37. The van der Waals surface area contributed by atoms with Gasteiger partial charge >= 0.3 is 0 Å². The van der Waals surface area contributed by atoms with Gasteiger partial charge in [0, 0.05) is 36.7 Å². The predicted molar refractivity (Wildman–Crippen MR) is 173 cm³/mol. The van der Waals surface area contributed by atoms with E-state index in [4.69, 9.17) is 0 Å². The quantitative estimate of drug-likeness (QED) is 0.238. The number of hydrogen-bond acceptors (Lipinski definition) is 9. The second-order valence-corrected chi connectivity index (χ2v) is 13.3. The van der Waals surface area contributed by atoms with E-state index in [1.54, 1.807) is 0 Å². The van der Waals surface area contributed by atoms with Gasteiger partial charge in [0.15, 0.2) is 0 Å². The molecule has 0 aromatic rings. The molecule has 5 unspecified atom stereocenters. The minimum Gasteiger partial charge on any atom is -0.298 e. The number of rotatable bonds is 7. The van der Waals surface area contributed by atoms with Gasteiger partial charge in [0.05, 0.1) is 16.4 Å². The number of Topliss-reactive ketones (excluding diaryl/α,β-unsaturated/α-hetero) is 2. The highest BCUT2D eigenvalue weighted by atomic mass is 32.1. The summed E-state index contributed by atoms with van der Waals surface area (Å²) in [6.07, 6.45) is 0.477. The number of ketones is 2. The van der Waals surface area contributed by atoms with Crippen LogP contribution in [0.1, 0.15) is 82.1 Å². The molecule has 1 fully saturated rings. The lowest BCUT2D eigenvalue weighted by molar-refractivity contribution is -0.148. The van der Waals surface area contributed by atoms with Gasteiger partial charge < -0.3 is 0 Å². The molecule has 0 radical (unpaired) electrons. The third-order valence-corrected chi connectivity index (χ3v) is 7.97. The van der Waals surface area contributed by atoms with Crippen LogP contribution in [0.4, 0.5) is 0 Å². The Hall–Kier alpha value is 0.250. The number of carbonyl (C=O) groups is 5. The maximum atomic E-state index is 12.2. The van der Waals surface area contributed by atoms with Crippen molar-refractivity contribution in [1.82, 2.24) is 4.90 Å². The van der Waals surface area contributed by atoms with Crippen molar-refractivity contribution >= 4 is 107 Å². The highest BCUT2D eigenvalue weighted by molar-refractivity contribution is 7.82. The monoisotopic (exact) mass is 621 g/mol. The van der Waals surface area contributed by atoms with Crippen molar-refractivity contribution < 1.29 is 24.0 Å². The van der Waals surface area contributed by atoms with Gasteiger partial charge in [-0.2, -0.15) is 77.5 Å². The molecular formula is C24H47NO5S6. The summed E-state index contributed by atoms with van der Waals surface area (Å²) in [4.78, 5) is 59.3. The van der Waals surface area contributed by atoms with Crippen LogP contribution in [0.25, 0.3) is 0 Å². The molecule has 214 valence electrons. The van der Waals surface area contributed by atoms with E-state index in [0.717, 1.165) is 0 Å². The Morgan fingerprint density at radius 2 is 1.22 bits per heavy atom. The highest BCUT2D eigenvalue weighted by Crippen LogP contribution is 2.31. The minimum atomic E-state index is -0.728. The van der Waals surface area contributed by atoms with Crippen LogP contribution in [0.2, 0.25) is 0 Å². The van der Waals surface area contributed by atoms with Gasteiger partial charge in [0.1, 0.15) is 11.6 Å². The van der Waals surface area contributed by atoms with Crippen LogP contribution in [0, 0.1) is 16.7 Å². The maximum absolute atomic E-state index is 12.2. The van der Waals surface area contributed by atoms with Crippen LogP contribution in [-0.4, -0.2) is 55.2 Å². The standard InChI is InChI=1S/C14H21NO4S2.C9H18OS2.CH4.2H2S/c1-7(16)15-11(18)5-8(13(15)19)10(20)6-9(17)12(21)14(2,3)4;1-6(11)5-7(10)8(12)9(2,3)4;;;/h8,10,12,20-21H,5-6H2,1-4H3;6,8,11-12H,5H2,1-4H3;1H4;2*1H2. The molecule has 0 aromatic heterocycles. The molecule has 6 nitrogen and oxygen atoms in total. The van der Waals surface area contributed by atoms with Crippen LogP contribution >= 0.6 is 77.5 Å². The Morgan fingerprint density at radius 1 is 0.861 bits per heavy atom. The fourth-order valence-corrected chi connectivity index (χ4v) is 3.92. The van der Waals surface area contributed by atoms with E-state index in [2.05, 4.69) is 50.5 Å². The molecule has 0 bridgehead atoms. The molecule has 1 rings (SSSR count). The summed E-state index contributed by atoms with van der Waals surface area (Å²) in [7, 11) is 0. The molecule has 36 heavy (non-hydrogen) atoms. The first-order chi connectivity index (χ1) is 14.7. The maximum Gasteiger partial charge on any atom is 0.240 e. The second-order valence-electron chi connectivity index (χ2n) is 10.7. The van der Waals surface area contributed by atoms with Crippen LogP contribution in [-0.2, 0) is 24.0 Å². The lowest BCUT2D eigenvalue weighted by Gasteiger charge is -2.26. The van der Waals surface area contributed by atoms with Crippen LogP contribution in [0.3, 0.4) is 0 Å². The predicted octanol–water partition coefficient (Wildman–Crippen LogP) is 4.98. The van der Waals surface area contributed by atoms with Crippen molar-refractivity contribution in [2.75, 3.05) is 0 Å². The number of hydrogen-bond donors (Lipinski definition) is 4. The van der Waals surface area contributed by atoms with E-state index < -0.39 is 34.1 Å². The third-order valence-electron chi connectivity index (χ3n) is 5.12. The van der Waals surface area contributed by atoms with Crippen molar-refractivity contribution in [2.24, 2.45) is 16.7 Å². The van der Waals surface area contributed by atoms with Crippen molar-refractivity contribution in [3.05, 3.63) is 0 Å². The number of imide groups is 3. The van der Waals surface area contributed by atoms with Gasteiger partial charge in [0.25, 0.3) is 0 Å². The largest absolute Gasteiger partial charge is 0.298 e. The number of amides is 3. The average Bonchev–Trinajstić information content (AvgIpc) is 2.93. The average molecular weight is 622 g/mol. The highest BCUT2D eigenvalue weighted by Gasteiger charge is 2.44. The zero-order chi connectivity index (χ0) is 26.5. The first kappa shape index (κ1) is 43.3. The van der Waals surface area contributed by atoms with E-state index in [0.29, 0.717) is 11.3 Å². The summed E-state index contributed by atoms with van der Waals surface area (Å²) in [5.41, 5.74) is -0.350. The van der Waals surface area contributed by atoms with E-state index in [-0.39, 0.29) is 80.2 Å². The summed E-state index contributed by atoms with van der Waals surface area (Å²) >= 11 is 17.1. The molecule has 0 spiro atoms. The van der Waals surface area contributed by atoms with Crippen LogP contribution < -0.4 is 0 Å². The number of thiol groups is 4. The zero-order valence-corrected chi connectivity index (χ0v) is 27.4. The minimum absolute atomic E-state index is 0. The topological polar surface area (TPSA) is 88.6 Å². The van der Waals surface area contributed by atoms with Gasteiger partial charge in [0.2, 0.25) is 17.7 Å². The van der Waals surface area contributed by atoms with Gasteiger partial charge in [-0.15, -0.1) is 0 Å². The molecule has 3 amide bonds. The summed E-state index contributed by atoms with van der Waals surface area (Å²) in [6, 6.07) is 0. The lowest BCUT2D eigenvalue weighted by atomic mass is 9.86. The van der Waals surface area contributed by atoms with Gasteiger partial charge in [-0.3, -0.25) is 24.0 Å². The Morgan fingerprint density at radius 3 is 1.50 bits per heavy atom. The molecule has 1 saturated heterocycles. The van der Waals surface area contributed by atoms with E-state index in [1.807, 2.05) is 48.5 Å². The fraction of sp³-hybridized carbons (Fsp3) is 0.792. The summed E-state index contributed by atoms with van der Waals surface area (Å²) in [5.74, 6) is -2.34. The van der Waals surface area contributed by atoms with Crippen LogP contribution in [0.5, 0.6) is 0 Å². The summed E-state index contributed by atoms with van der Waals surface area (Å²) < 4.78 is 0. The zero-order valence-electron chi connectivity index (χ0n) is 21.8. The van der Waals surface area contributed by atoms with Crippen molar-refractivity contribution in [1.29, 1.82) is 0 Å². The SMILES string of the molecule is C.CC(=O)N1C(=O)CC(C(S)CC(=O)C(S)C(C)(C)C)C1=O.CC(S)CC(=O)C(S)C(C)(C)C.S.S. The number of likely N-dealkylation sites (tertiary alicyclic amines) is 1. The molecule has 1 aliphatic heterocycles. The Bertz CT molecular complexity index is 761. The third kappa shape index (κ3) is 13.9. The molecule has 0 aliphatic carbocycles. The normalized spacial score (nSPS) is 18.8. The number of nitrogens with zero attached hydrogens (tertiary/aromatic N) is 1. The Labute approximate surface area is 254 Å². The van der Waals surface area contributed by atoms with Crippen molar-refractivity contribution in [3.63, 3.8) is 0 Å². The molecule has 0 aromatic carbocycles. The first-order valence-corrected chi connectivity index (χ1v) is 12.9. The van der Waals surface area contributed by atoms with E-state index in [1.165, 1.54) is 6.92 Å². The first-order valence-electron chi connectivity index (χ1n) is 10.9. The van der Waals surface area contributed by atoms with Gasteiger partial charge in [-0.1, -0.05) is 55.9 Å². The van der Waals surface area contributed by atoms with Gasteiger partial charge in [-0.05, 0) is 10.8 Å². The Kier molecular flexibility index (Phi) is 21.4. The molecule has 5 atom stereocenters. The summed E-state index contributed by atoms with van der Waals surface area (Å²) in [5, 5.41) is -1.10. The molecule has 1 heterocycles. The van der Waals surface area contributed by atoms with Crippen LogP contribution in [0.15, 0.2) is 0 Å². The molecular weight excluding hydrogens is 575 g/mol. The van der Waals surface area contributed by atoms with Crippen molar-refractivity contribution in [2.45, 2.75) is 103 Å². The molecule has 0 saturated carbocycles. The molecule has 12 heteroatoms. The molecule has 0 N–H and O–H groups in total.